The van der Waals surface area contributed by atoms with Crippen LogP contribution in [0.4, 0.5) is 0 Å². The molecule has 3 aromatic carbocycles. The molecule has 0 radical (unpaired) electrons. The van der Waals surface area contributed by atoms with Crippen LogP contribution in [0.3, 0.4) is 0 Å². The summed E-state index contributed by atoms with van der Waals surface area (Å²) in [5, 5.41) is 21.3. The number of benzene rings is 3. The largest absolute Gasteiger partial charge is 0.494 e. The molecule has 7 heteroatoms. The maximum absolute atomic E-state index is 12.8. The molecule has 1 amide bonds. The zero-order valence-electron chi connectivity index (χ0n) is 25.2. The molecule has 4 aromatic rings. The van der Waals surface area contributed by atoms with Crippen molar-refractivity contribution in [3.8, 4) is 28.7 Å². The van der Waals surface area contributed by atoms with Crippen molar-refractivity contribution in [2.75, 3.05) is 13.2 Å². The van der Waals surface area contributed by atoms with E-state index in [1.165, 1.54) is 25.7 Å². The van der Waals surface area contributed by atoms with Crippen molar-refractivity contribution in [1.29, 1.82) is 0 Å². The van der Waals surface area contributed by atoms with Crippen molar-refractivity contribution in [1.82, 2.24) is 15.5 Å². The van der Waals surface area contributed by atoms with E-state index >= 15 is 0 Å². The zero-order valence-corrected chi connectivity index (χ0v) is 25.2. The van der Waals surface area contributed by atoms with Gasteiger partial charge in [0.25, 0.3) is 5.91 Å². The maximum atomic E-state index is 12.8. The monoisotopic (exact) mass is 569 g/mol. The fourth-order valence-electron chi connectivity index (χ4n) is 4.67. The number of nitrogens with zero attached hydrogens (tertiary/aromatic N) is 2. The molecule has 42 heavy (non-hydrogen) atoms. The minimum atomic E-state index is -0.409. The van der Waals surface area contributed by atoms with Gasteiger partial charge in [0.1, 0.15) is 5.75 Å². The molecule has 1 atom stereocenters. The summed E-state index contributed by atoms with van der Waals surface area (Å²) in [7, 11) is 0. The van der Waals surface area contributed by atoms with E-state index in [0.717, 1.165) is 41.0 Å². The summed E-state index contributed by atoms with van der Waals surface area (Å²) in [6, 6.07) is 22.6. The molecule has 0 aliphatic rings. The summed E-state index contributed by atoms with van der Waals surface area (Å²) in [4.78, 5) is 12.8. The van der Waals surface area contributed by atoms with Crippen LogP contribution in [0, 0.1) is 0 Å². The first-order chi connectivity index (χ1) is 20.3. The second-order valence-electron chi connectivity index (χ2n) is 11.8. The van der Waals surface area contributed by atoms with Gasteiger partial charge in [-0.05, 0) is 77.9 Å². The number of carbonyl (C=O) groups excluding carboxylic acids is 1. The van der Waals surface area contributed by atoms with E-state index in [-0.39, 0.29) is 17.9 Å². The SMILES string of the molecule is CCCCCCCOc1ccc(-c2nnc(-c3ccc(CC(CO)NC(=O)c4ccc(C(C)(C)C)cc4)cc3)o2)cc1. The lowest BCUT2D eigenvalue weighted by molar-refractivity contribution is 0.0916. The molecule has 222 valence electrons. The molecule has 1 aromatic heterocycles. The first kappa shape index (κ1) is 31.0. The van der Waals surface area contributed by atoms with Crippen LogP contribution in [-0.2, 0) is 11.8 Å². The Morgan fingerprint density at radius 1 is 0.857 bits per heavy atom. The van der Waals surface area contributed by atoms with Crippen LogP contribution < -0.4 is 10.1 Å². The molecule has 0 spiro atoms. The van der Waals surface area contributed by atoms with Gasteiger partial charge >= 0.3 is 0 Å². The minimum Gasteiger partial charge on any atom is -0.494 e. The van der Waals surface area contributed by atoms with Gasteiger partial charge in [0.15, 0.2) is 0 Å². The van der Waals surface area contributed by atoms with Crippen LogP contribution in [0.15, 0.2) is 77.2 Å². The van der Waals surface area contributed by atoms with E-state index in [1.807, 2.05) is 72.8 Å². The van der Waals surface area contributed by atoms with Crippen molar-refractivity contribution in [2.24, 2.45) is 0 Å². The van der Waals surface area contributed by atoms with Crippen LogP contribution in [0.5, 0.6) is 5.75 Å². The summed E-state index contributed by atoms with van der Waals surface area (Å²) in [5.74, 6) is 1.50. The van der Waals surface area contributed by atoms with E-state index in [9.17, 15) is 9.90 Å². The number of carbonyl (C=O) groups is 1. The number of aliphatic hydroxyl groups excluding tert-OH is 1. The van der Waals surface area contributed by atoms with Gasteiger partial charge in [0, 0.05) is 16.7 Å². The topological polar surface area (TPSA) is 97.5 Å². The number of nitrogens with one attached hydrogen (secondary N) is 1. The van der Waals surface area contributed by atoms with Crippen molar-refractivity contribution in [3.63, 3.8) is 0 Å². The quantitative estimate of drug-likeness (QED) is 0.154. The Labute approximate surface area is 249 Å². The van der Waals surface area contributed by atoms with E-state index in [2.05, 4.69) is 43.2 Å². The molecule has 1 unspecified atom stereocenters. The van der Waals surface area contributed by atoms with Gasteiger partial charge in [-0.15, -0.1) is 10.2 Å². The van der Waals surface area contributed by atoms with Crippen molar-refractivity contribution < 1.29 is 19.1 Å². The number of rotatable bonds is 14. The highest BCUT2D eigenvalue weighted by molar-refractivity contribution is 5.94. The van der Waals surface area contributed by atoms with Crippen LogP contribution >= 0.6 is 0 Å². The average Bonchev–Trinajstić information content (AvgIpc) is 3.49. The first-order valence-corrected chi connectivity index (χ1v) is 14.9. The average molecular weight is 570 g/mol. The lowest BCUT2D eigenvalue weighted by Gasteiger charge is -2.20. The highest BCUT2D eigenvalue weighted by Crippen LogP contribution is 2.26. The minimum absolute atomic E-state index is 0.0192. The highest BCUT2D eigenvalue weighted by Gasteiger charge is 2.17. The third-order valence-electron chi connectivity index (χ3n) is 7.29. The smallest absolute Gasteiger partial charge is 0.251 e. The highest BCUT2D eigenvalue weighted by atomic mass is 16.5. The number of unbranched alkanes of at least 4 members (excludes halogenated alkanes) is 4. The summed E-state index contributed by atoms with van der Waals surface area (Å²) < 4.78 is 11.8. The number of aromatic nitrogens is 2. The number of hydrogen-bond acceptors (Lipinski definition) is 6. The van der Waals surface area contributed by atoms with Crippen LogP contribution in [0.25, 0.3) is 22.9 Å². The van der Waals surface area contributed by atoms with E-state index < -0.39 is 6.04 Å². The summed E-state index contributed by atoms with van der Waals surface area (Å²) in [5.41, 5.74) is 4.35. The third kappa shape index (κ3) is 8.76. The Bertz CT molecular complexity index is 1390. The normalized spacial score (nSPS) is 12.2. The van der Waals surface area contributed by atoms with Crippen LogP contribution in [-0.4, -0.2) is 40.5 Å². The van der Waals surface area contributed by atoms with Crippen LogP contribution in [0.1, 0.15) is 81.3 Å². The van der Waals surface area contributed by atoms with Gasteiger partial charge in [0.05, 0.1) is 19.3 Å². The predicted octanol–water partition coefficient (Wildman–Crippen LogP) is 7.38. The Morgan fingerprint density at radius 3 is 2.02 bits per heavy atom. The van der Waals surface area contributed by atoms with E-state index in [1.54, 1.807) is 0 Å². The Kier molecular flexibility index (Phi) is 10.9. The lowest BCUT2D eigenvalue weighted by atomic mass is 9.86. The molecule has 0 fully saturated rings. The van der Waals surface area contributed by atoms with Crippen LogP contribution in [0.2, 0.25) is 0 Å². The molecule has 0 bridgehead atoms. The second-order valence-corrected chi connectivity index (χ2v) is 11.8. The Balaban J connectivity index is 1.30. The number of hydrogen-bond donors (Lipinski definition) is 2. The van der Waals surface area contributed by atoms with Crippen molar-refractivity contribution in [2.45, 2.75) is 77.7 Å². The molecule has 1 heterocycles. The summed E-state index contributed by atoms with van der Waals surface area (Å²) in [6.07, 6.45) is 6.54. The van der Waals surface area contributed by atoms with Crippen molar-refractivity contribution in [3.05, 3.63) is 89.5 Å². The van der Waals surface area contributed by atoms with E-state index in [4.69, 9.17) is 9.15 Å². The standard InChI is InChI=1S/C35H43N3O4/c1-5-6-7-8-9-22-41-31-20-16-28(17-21-31)34-38-37-33(42-34)27-12-10-25(11-13-27)23-30(24-39)36-32(40)26-14-18-29(19-15-26)35(2,3)4/h10-21,30,39H,5-9,22-24H2,1-4H3,(H,36,40). The predicted molar refractivity (Wildman–Crippen MR) is 167 cm³/mol. The van der Waals surface area contributed by atoms with Gasteiger partial charge in [-0.3, -0.25) is 4.79 Å². The second kappa shape index (κ2) is 14.8. The van der Waals surface area contributed by atoms with Crippen molar-refractivity contribution >= 4 is 5.91 Å². The number of ether oxygens (including phenoxy) is 1. The molecular formula is C35H43N3O4. The van der Waals surface area contributed by atoms with Gasteiger partial charge < -0.3 is 19.6 Å². The lowest BCUT2D eigenvalue weighted by Crippen LogP contribution is -2.39. The fourth-order valence-corrected chi connectivity index (χ4v) is 4.67. The summed E-state index contributed by atoms with van der Waals surface area (Å²) >= 11 is 0. The van der Waals surface area contributed by atoms with Gasteiger partial charge in [-0.2, -0.15) is 0 Å². The zero-order chi connectivity index (χ0) is 30.0. The molecule has 2 N–H and O–H groups in total. The molecule has 7 nitrogen and oxygen atoms in total. The van der Waals surface area contributed by atoms with E-state index in [0.29, 0.717) is 23.8 Å². The third-order valence-corrected chi connectivity index (χ3v) is 7.29. The first-order valence-electron chi connectivity index (χ1n) is 14.9. The Hall–Kier alpha value is -3.97. The summed E-state index contributed by atoms with van der Waals surface area (Å²) in [6.45, 7) is 9.19. The maximum Gasteiger partial charge on any atom is 0.251 e. The molecular weight excluding hydrogens is 526 g/mol. The molecule has 4 rings (SSSR count). The van der Waals surface area contributed by atoms with Gasteiger partial charge in [0.2, 0.25) is 11.8 Å². The molecule has 0 saturated carbocycles. The molecule has 0 aliphatic heterocycles. The Morgan fingerprint density at radius 2 is 1.45 bits per heavy atom. The van der Waals surface area contributed by atoms with Gasteiger partial charge in [-0.1, -0.05) is 77.6 Å². The fraction of sp³-hybridized carbons (Fsp3) is 0.400. The van der Waals surface area contributed by atoms with Gasteiger partial charge in [-0.25, -0.2) is 0 Å². The molecule has 0 saturated heterocycles. The molecule has 0 aliphatic carbocycles. The number of amides is 1. The number of aliphatic hydroxyl groups is 1.